The predicted molar refractivity (Wildman–Crippen MR) is 148 cm³/mol. The lowest BCUT2D eigenvalue weighted by Crippen LogP contribution is -2.57. The topological polar surface area (TPSA) is 92.7 Å². The highest BCUT2D eigenvalue weighted by atomic mass is 28.4. The van der Waals surface area contributed by atoms with Gasteiger partial charge in [0, 0.05) is 19.3 Å². The van der Waals surface area contributed by atoms with Crippen molar-refractivity contribution in [3.8, 4) is 0 Å². The fraction of sp³-hybridized carbons (Fsp3) is 0.966. The average Bonchev–Trinajstić information content (AvgIpc) is 2.80. The summed E-state index contributed by atoms with van der Waals surface area (Å²) in [5.74, 6) is -0.225. The molecule has 4 aliphatic heterocycles. The summed E-state index contributed by atoms with van der Waals surface area (Å²) in [7, 11) is -2.05. The Kier molecular flexibility index (Phi) is 11.7. The Hall–Kier alpha value is -0.553. The third kappa shape index (κ3) is 8.98. The maximum atomic E-state index is 12.4. The molecule has 4 saturated heterocycles. The van der Waals surface area contributed by atoms with Crippen LogP contribution in [0.5, 0.6) is 0 Å². The molecule has 38 heavy (non-hydrogen) atoms. The minimum Gasteiger partial charge on any atom is -0.459 e. The molecule has 222 valence electrons. The van der Waals surface area contributed by atoms with E-state index in [2.05, 4.69) is 40.8 Å². The average molecular weight is 559 g/mol. The number of rotatable bonds is 2. The Morgan fingerprint density at radius 1 is 0.816 bits per heavy atom. The van der Waals surface area contributed by atoms with Crippen LogP contribution in [0.1, 0.15) is 106 Å². The van der Waals surface area contributed by atoms with E-state index in [4.69, 9.17) is 28.1 Å². The lowest BCUT2D eigenvalue weighted by Gasteiger charge is -2.47. The van der Waals surface area contributed by atoms with Crippen molar-refractivity contribution in [2.45, 2.75) is 179 Å². The highest BCUT2D eigenvalue weighted by Gasteiger charge is 2.47. The van der Waals surface area contributed by atoms with Gasteiger partial charge < -0.3 is 33.2 Å². The lowest BCUT2D eigenvalue weighted by atomic mass is 10.0. The zero-order valence-corrected chi connectivity index (χ0v) is 26.1. The van der Waals surface area contributed by atoms with Gasteiger partial charge in [0.15, 0.2) is 20.9 Å². The molecule has 1 N–H and O–H groups in total. The molecule has 0 saturated carbocycles. The van der Waals surface area contributed by atoms with Crippen LogP contribution in [0.15, 0.2) is 0 Å². The van der Waals surface area contributed by atoms with Crippen LogP contribution in [0.3, 0.4) is 0 Å². The van der Waals surface area contributed by atoms with Gasteiger partial charge in [0.1, 0.15) is 18.3 Å². The van der Waals surface area contributed by atoms with Gasteiger partial charge in [0.05, 0.1) is 24.4 Å². The summed E-state index contributed by atoms with van der Waals surface area (Å²) < 4.78 is 37.8. The minimum atomic E-state index is -2.05. The van der Waals surface area contributed by atoms with E-state index >= 15 is 0 Å². The fourth-order valence-corrected chi connectivity index (χ4v) is 6.56. The van der Waals surface area contributed by atoms with Crippen molar-refractivity contribution in [2.24, 2.45) is 0 Å². The van der Waals surface area contributed by atoms with Gasteiger partial charge in [-0.25, -0.2) is 0 Å². The first-order valence-electron chi connectivity index (χ1n) is 14.9. The van der Waals surface area contributed by atoms with Crippen molar-refractivity contribution in [1.29, 1.82) is 0 Å². The molecular formula is C29H54O8Si. The number of aliphatic hydroxyl groups is 1. The lowest BCUT2D eigenvalue weighted by molar-refractivity contribution is -0.336. The van der Waals surface area contributed by atoms with E-state index in [0.29, 0.717) is 12.8 Å². The van der Waals surface area contributed by atoms with Gasteiger partial charge in [-0.1, -0.05) is 52.9 Å². The second kappa shape index (κ2) is 13.9. The zero-order chi connectivity index (χ0) is 28.1. The van der Waals surface area contributed by atoms with Gasteiger partial charge in [-0.2, -0.15) is 0 Å². The molecule has 4 aliphatic rings. The van der Waals surface area contributed by atoms with Gasteiger partial charge in [0.2, 0.25) is 0 Å². The van der Waals surface area contributed by atoms with Gasteiger partial charge in [-0.05, 0) is 51.7 Å². The van der Waals surface area contributed by atoms with Gasteiger partial charge in [-0.3, -0.25) is 4.79 Å². The van der Waals surface area contributed by atoms with E-state index in [1.807, 2.05) is 13.8 Å². The number of aliphatic hydroxyl groups excluding tert-OH is 1. The molecular weight excluding hydrogens is 504 g/mol. The molecule has 2 bridgehead atoms. The van der Waals surface area contributed by atoms with Crippen LogP contribution in [-0.2, 0) is 32.9 Å². The Morgan fingerprint density at radius 3 is 2.13 bits per heavy atom. The molecule has 4 fully saturated rings. The number of hydrogen-bond donors (Lipinski definition) is 1. The predicted octanol–water partition coefficient (Wildman–Crippen LogP) is 5.84. The minimum absolute atomic E-state index is 0.0183. The highest BCUT2D eigenvalue weighted by molar-refractivity contribution is 6.74. The van der Waals surface area contributed by atoms with Crippen LogP contribution in [-0.4, -0.2) is 74.7 Å². The van der Waals surface area contributed by atoms with Crippen LogP contribution in [0, 0.1) is 0 Å². The normalized spacial score (nSPS) is 39.4. The van der Waals surface area contributed by atoms with Crippen molar-refractivity contribution < 1.29 is 38.0 Å². The molecule has 4 heterocycles. The molecule has 0 aromatic heterocycles. The summed E-state index contributed by atoms with van der Waals surface area (Å²) in [6.45, 7) is 17.2. The van der Waals surface area contributed by atoms with Crippen molar-refractivity contribution in [3.63, 3.8) is 0 Å². The molecule has 9 atom stereocenters. The van der Waals surface area contributed by atoms with E-state index < -0.39 is 45.3 Å². The second-order valence-corrected chi connectivity index (χ2v) is 17.9. The van der Waals surface area contributed by atoms with Crippen LogP contribution >= 0.6 is 0 Å². The molecule has 0 spiro atoms. The molecule has 0 aromatic carbocycles. The van der Waals surface area contributed by atoms with Crippen molar-refractivity contribution in [2.75, 3.05) is 0 Å². The monoisotopic (exact) mass is 558 g/mol. The summed E-state index contributed by atoms with van der Waals surface area (Å²) in [4.78, 5) is 12.4. The summed E-state index contributed by atoms with van der Waals surface area (Å²) in [5.41, 5.74) is 0. The first kappa shape index (κ1) is 32.0. The Bertz CT molecular complexity index is 741. The number of esters is 1. The van der Waals surface area contributed by atoms with E-state index in [1.54, 1.807) is 0 Å². The third-order valence-corrected chi connectivity index (χ3v) is 13.3. The SMILES string of the molecule is C[C@@H]1CCCCCCCCC(=O)O[C@@H]2C[C@@H](O)[C@@H](O[C@H]2C)O[C@@H]2C[C@@H](O[Si](C)(C)C(C)(C)C)[C@H](C)O[C@H]2O1. The Balaban J connectivity index is 1.77. The van der Waals surface area contributed by atoms with E-state index in [-0.39, 0.29) is 35.7 Å². The number of fused-ring (bicyclic) bond motifs is 13. The van der Waals surface area contributed by atoms with Crippen molar-refractivity contribution in [1.82, 2.24) is 0 Å². The summed E-state index contributed by atoms with van der Waals surface area (Å²) >= 11 is 0. The van der Waals surface area contributed by atoms with Crippen LogP contribution in [0.4, 0.5) is 0 Å². The molecule has 9 heteroatoms. The van der Waals surface area contributed by atoms with E-state index in [9.17, 15) is 9.90 Å². The summed E-state index contributed by atoms with van der Waals surface area (Å²) in [5, 5.41) is 11.0. The molecule has 8 nitrogen and oxygen atoms in total. The summed E-state index contributed by atoms with van der Waals surface area (Å²) in [6.07, 6.45) is 4.53. The zero-order valence-electron chi connectivity index (χ0n) is 25.1. The number of ether oxygens (including phenoxy) is 5. The maximum absolute atomic E-state index is 12.4. The van der Waals surface area contributed by atoms with E-state index in [0.717, 1.165) is 44.9 Å². The molecule has 0 aromatic rings. The molecule has 0 amide bonds. The largest absolute Gasteiger partial charge is 0.459 e. The van der Waals surface area contributed by atoms with Gasteiger partial charge in [-0.15, -0.1) is 0 Å². The van der Waals surface area contributed by atoms with E-state index in [1.165, 1.54) is 0 Å². The van der Waals surface area contributed by atoms with Crippen LogP contribution < -0.4 is 0 Å². The van der Waals surface area contributed by atoms with Crippen LogP contribution in [0.2, 0.25) is 18.1 Å². The Labute approximate surface area is 231 Å². The van der Waals surface area contributed by atoms with Crippen LogP contribution in [0.25, 0.3) is 0 Å². The highest BCUT2D eigenvalue weighted by Crippen LogP contribution is 2.40. The molecule has 4 rings (SSSR count). The molecule has 0 unspecified atom stereocenters. The molecule has 0 aliphatic carbocycles. The van der Waals surface area contributed by atoms with Gasteiger partial charge in [0.25, 0.3) is 0 Å². The smallest absolute Gasteiger partial charge is 0.306 e. The first-order chi connectivity index (χ1) is 17.8. The molecule has 0 radical (unpaired) electrons. The first-order valence-corrected chi connectivity index (χ1v) is 17.8. The van der Waals surface area contributed by atoms with Crippen molar-refractivity contribution >= 4 is 14.3 Å². The van der Waals surface area contributed by atoms with Gasteiger partial charge >= 0.3 is 5.97 Å². The second-order valence-electron chi connectivity index (χ2n) is 13.2. The fourth-order valence-electron chi connectivity index (χ4n) is 5.16. The number of hydrogen-bond acceptors (Lipinski definition) is 8. The Morgan fingerprint density at radius 2 is 1.45 bits per heavy atom. The third-order valence-electron chi connectivity index (χ3n) is 8.75. The standard InChI is InChI=1S/C29H54O8Si/c1-19-15-13-11-9-10-12-14-16-26(31)35-23-17-22(30)27(33-20(23)2)36-25-18-24(21(3)34-28(25)32-19)37-38(7,8)29(4,5)6/h19-25,27-28,30H,9-18H2,1-8H3/t19-,20+,21+,22-,23-,24-,25-,27+,28-/m1/s1. The number of carbonyl (C=O) groups excluding carboxylic acids is 1. The van der Waals surface area contributed by atoms with Crippen molar-refractivity contribution in [3.05, 3.63) is 0 Å². The number of carbonyl (C=O) groups is 1. The summed E-state index contributed by atoms with van der Waals surface area (Å²) in [6, 6.07) is 0. The quantitative estimate of drug-likeness (QED) is 0.334. The maximum Gasteiger partial charge on any atom is 0.306 e.